The highest BCUT2D eigenvalue weighted by Gasteiger charge is 2.32. The number of carbonyl (C=O) groups is 1. The van der Waals surface area contributed by atoms with E-state index in [4.69, 9.17) is 14.5 Å². The fourth-order valence-corrected chi connectivity index (χ4v) is 4.07. The maximum atomic E-state index is 12.9. The van der Waals surface area contributed by atoms with Crippen LogP contribution in [0.5, 0.6) is 11.5 Å². The Morgan fingerprint density at radius 2 is 1.90 bits per heavy atom. The SMILES string of the molecule is CCOc1cc(/C=C2/SC(=Nc3cc(C)ccc3C)N(CC)C2=O)ccc1OC. The standard InChI is InChI=1S/C23H26N2O3S/c1-6-25-22(26)21(14-17-10-11-19(27-5)20(13-17)28-7-2)29-23(25)24-18-12-15(3)8-9-16(18)4/h8-14H,6-7H2,1-5H3/b21-14+,24-23?. The predicted octanol–water partition coefficient (Wildman–Crippen LogP) is 5.33. The van der Waals surface area contributed by atoms with Gasteiger partial charge in [0.05, 0.1) is 24.3 Å². The van der Waals surface area contributed by atoms with E-state index in [9.17, 15) is 4.79 Å². The van der Waals surface area contributed by atoms with Crippen molar-refractivity contribution in [3.63, 3.8) is 0 Å². The van der Waals surface area contributed by atoms with Gasteiger partial charge in [0, 0.05) is 6.54 Å². The maximum absolute atomic E-state index is 12.9. The molecule has 2 aromatic rings. The number of carbonyl (C=O) groups excluding carboxylic acids is 1. The monoisotopic (exact) mass is 410 g/mol. The molecule has 3 rings (SSSR count). The lowest BCUT2D eigenvalue weighted by Gasteiger charge is -2.13. The molecule has 0 atom stereocenters. The quantitative estimate of drug-likeness (QED) is 0.604. The molecule has 0 aliphatic carbocycles. The third kappa shape index (κ3) is 4.65. The Morgan fingerprint density at radius 1 is 1.10 bits per heavy atom. The number of amides is 1. The molecule has 152 valence electrons. The lowest BCUT2D eigenvalue weighted by atomic mass is 10.1. The second-order valence-corrected chi connectivity index (χ2v) is 7.70. The Morgan fingerprint density at radius 3 is 2.59 bits per heavy atom. The summed E-state index contributed by atoms with van der Waals surface area (Å²) in [6, 6.07) is 11.8. The number of benzene rings is 2. The van der Waals surface area contributed by atoms with Crippen LogP contribution in [0.15, 0.2) is 46.3 Å². The number of aliphatic imine (C=N–C) groups is 1. The highest BCUT2D eigenvalue weighted by molar-refractivity contribution is 8.18. The summed E-state index contributed by atoms with van der Waals surface area (Å²) in [5.41, 5.74) is 4.00. The van der Waals surface area contributed by atoms with Crippen molar-refractivity contribution in [1.29, 1.82) is 0 Å². The highest BCUT2D eigenvalue weighted by atomic mass is 32.2. The van der Waals surface area contributed by atoms with Crippen LogP contribution < -0.4 is 9.47 Å². The van der Waals surface area contributed by atoms with Gasteiger partial charge in [-0.1, -0.05) is 18.2 Å². The fraction of sp³-hybridized carbons (Fsp3) is 0.304. The van der Waals surface area contributed by atoms with Crippen molar-refractivity contribution in [2.24, 2.45) is 4.99 Å². The Kier molecular flexibility index (Phi) is 6.64. The highest BCUT2D eigenvalue weighted by Crippen LogP contribution is 2.36. The first-order chi connectivity index (χ1) is 14.0. The van der Waals surface area contributed by atoms with Crippen LogP contribution in [0.2, 0.25) is 0 Å². The molecule has 2 aromatic carbocycles. The third-order valence-electron chi connectivity index (χ3n) is 4.57. The summed E-state index contributed by atoms with van der Waals surface area (Å²) >= 11 is 1.40. The van der Waals surface area contributed by atoms with Crippen LogP contribution >= 0.6 is 11.8 Å². The molecule has 1 amide bonds. The van der Waals surface area contributed by atoms with Crippen LogP contribution in [0.4, 0.5) is 5.69 Å². The number of ether oxygens (including phenoxy) is 2. The normalized spacial score (nSPS) is 16.7. The first kappa shape index (κ1) is 21.0. The lowest BCUT2D eigenvalue weighted by molar-refractivity contribution is -0.122. The topological polar surface area (TPSA) is 51.1 Å². The van der Waals surface area contributed by atoms with Crippen LogP contribution in [0.3, 0.4) is 0 Å². The number of hydrogen-bond acceptors (Lipinski definition) is 5. The molecule has 5 nitrogen and oxygen atoms in total. The van der Waals surface area contributed by atoms with E-state index in [0.717, 1.165) is 22.4 Å². The summed E-state index contributed by atoms with van der Waals surface area (Å²) in [4.78, 5) is 20.1. The molecule has 1 saturated heterocycles. The van der Waals surface area contributed by atoms with Crippen LogP contribution in [-0.4, -0.2) is 36.2 Å². The summed E-state index contributed by atoms with van der Waals surface area (Å²) in [6.07, 6.45) is 1.88. The maximum Gasteiger partial charge on any atom is 0.266 e. The molecule has 6 heteroatoms. The van der Waals surface area contributed by atoms with Crippen LogP contribution in [0.25, 0.3) is 6.08 Å². The van der Waals surface area contributed by atoms with Gasteiger partial charge in [-0.25, -0.2) is 4.99 Å². The van der Waals surface area contributed by atoms with Gasteiger partial charge < -0.3 is 9.47 Å². The first-order valence-electron chi connectivity index (χ1n) is 9.65. The van der Waals surface area contributed by atoms with E-state index in [0.29, 0.717) is 34.7 Å². The van der Waals surface area contributed by atoms with Crippen LogP contribution in [-0.2, 0) is 4.79 Å². The van der Waals surface area contributed by atoms with Gasteiger partial charge in [0.1, 0.15) is 0 Å². The smallest absolute Gasteiger partial charge is 0.266 e. The van der Waals surface area contributed by atoms with E-state index in [1.165, 1.54) is 11.8 Å². The minimum absolute atomic E-state index is 0.0321. The first-order valence-corrected chi connectivity index (χ1v) is 10.5. The molecule has 0 bridgehead atoms. The number of likely N-dealkylation sites (N-methyl/N-ethyl adjacent to an activating group) is 1. The lowest BCUT2D eigenvalue weighted by Crippen LogP contribution is -2.28. The van der Waals surface area contributed by atoms with E-state index < -0.39 is 0 Å². The summed E-state index contributed by atoms with van der Waals surface area (Å²) in [5.74, 6) is 1.30. The molecule has 0 radical (unpaired) electrons. The number of amidine groups is 1. The molecule has 0 N–H and O–H groups in total. The van der Waals surface area contributed by atoms with Gasteiger partial charge in [-0.15, -0.1) is 0 Å². The molecule has 0 saturated carbocycles. The van der Waals surface area contributed by atoms with Crippen LogP contribution in [0, 0.1) is 13.8 Å². The molecule has 1 heterocycles. The van der Waals surface area contributed by atoms with Gasteiger partial charge in [0.25, 0.3) is 5.91 Å². The van der Waals surface area contributed by atoms with Gasteiger partial charge in [-0.3, -0.25) is 9.69 Å². The number of methoxy groups -OCH3 is 1. The predicted molar refractivity (Wildman–Crippen MR) is 120 cm³/mol. The number of aryl methyl sites for hydroxylation is 2. The second-order valence-electron chi connectivity index (χ2n) is 6.69. The van der Waals surface area contributed by atoms with E-state index in [-0.39, 0.29) is 5.91 Å². The second kappa shape index (κ2) is 9.18. The average molecular weight is 411 g/mol. The average Bonchev–Trinajstić information content (AvgIpc) is 2.99. The van der Waals surface area contributed by atoms with Gasteiger partial charge in [0.15, 0.2) is 16.7 Å². The molecule has 1 fully saturated rings. The van der Waals surface area contributed by atoms with E-state index in [1.54, 1.807) is 12.0 Å². The summed E-state index contributed by atoms with van der Waals surface area (Å²) in [7, 11) is 1.61. The molecule has 0 aromatic heterocycles. The molecule has 0 spiro atoms. The Bertz CT molecular complexity index is 982. The van der Waals surface area contributed by atoms with Gasteiger partial charge in [-0.2, -0.15) is 0 Å². The van der Waals surface area contributed by atoms with Gasteiger partial charge in [-0.05, 0) is 80.4 Å². The zero-order valence-corrected chi connectivity index (χ0v) is 18.3. The van der Waals surface area contributed by atoms with Crippen molar-refractivity contribution in [1.82, 2.24) is 4.90 Å². The number of nitrogens with zero attached hydrogens (tertiary/aromatic N) is 2. The number of hydrogen-bond donors (Lipinski definition) is 0. The van der Waals surface area contributed by atoms with E-state index in [1.807, 2.05) is 58.0 Å². The molecule has 0 unspecified atom stereocenters. The third-order valence-corrected chi connectivity index (χ3v) is 5.58. The van der Waals surface area contributed by atoms with Crippen molar-refractivity contribution in [2.45, 2.75) is 27.7 Å². The number of rotatable bonds is 6. The zero-order chi connectivity index (χ0) is 21.0. The summed E-state index contributed by atoms with van der Waals surface area (Å²) in [5, 5.41) is 0.705. The van der Waals surface area contributed by atoms with Crippen LogP contribution in [0.1, 0.15) is 30.5 Å². The minimum atomic E-state index is -0.0321. The van der Waals surface area contributed by atoms with Crippen molar-refractivity contribution in [3.8, 4) is 11.5 Å². The Hall–Kier alpha value is -2.73. The molecular weight excluding hydrogens is 384 g/mol. The van der Waals surface area contributed by atoms with Crippen molar-refractivity contribution in [3.05, 3.63) is 58.0 Å². The molecule has 1 aliphatic heterocycles. The Balaban J connectivity index is 1.95. The Labute approximate surface area is 176 Å². The number of thioether (sulfide) groups is 1. The summed E-state index contributed by atoms with van der Waals surface area (Å²) < 4.78 is 11.0. The zero-order valence-electron chi connectivity index (χ0n) is 17.5. The fourth-order valence-electron chi connectivity index (χ4n) is 3.02. The molecule has 29 heavy (non-hydrogen) atoms. The van der Waals surface area contributed by atoms with E-state index >= 15 is 0 Å². The van der Waals surface area contributed by atoms with Gasteiger partial charge >= 0.3 is 0 Å². The van der Waals surface area contributed by atoms with Crippen molar-refractivity contribution >= 4 is 34.6 Å². The van der Waals surface area contributed by atoms with Crippen molar-refractivity contribution < 1.29 is 14.3 Å². The van der Waals surface area contributed by atoms with E-state index in [2.05, 4.69) is 12.1 Å². The summed E-state index contributed by atoms with van der Waals surface area (Å²) in [6.45, 7) is 9.06. The van der Waals surface area contributed by atoms with Crippen molar-refractivity contribution in [2.75, 3.05) is 20.3 Å². The minimum Gasteiger partial charge on any atom is -0.493 e. The van der Waals surface area contributed by atoms with Gasteiger partial charge in [0.2, 0.25) is 0 Å². The largest absolute Gasteiger partial charge is 0.493 e. The molecular formula is C23H26N2O3S. The molecule has 1 aliphatic rings.